The standard InChI is InChI=1S/C21H32N4O3/c1-16-4-5-17(2)19(14-16)22-21(27)18(3)24-8-6-23(7-9-24)15-20(26)25-10-12-28-13-11-25/h4-5,14,18H,6-13,15H2,1-3H3,(H,22,27)/t18-/m0/s1. The molecule has 28 heavy (non-hydrogen) atoms. The SMILES string of the molecule is Cc1ccc(C)c(NC(=O)[C@H](C)N2CCN(CC(=O)N3CCOCC3)CC2)c1. The lowest BCUT2D eigenvalue weighted by Gasteiger charge is -2.38. The molecule has 0 aliphatic carbocycles. The molecule has 2 heterocycles. The van der Waals surface area contributed by atoms with Crippen LogP contribution in [0.25, 0.3) is 0 Å². The number of hydrogen-bond donors (Lipinski definition) is 1. The van der Waals surface area contributed by atoms with Crippen molar-refractivity contribution in [2.75, 3.05) is 64.3 Å². The van der Waals surface area contributed by atoms with Gasteiger partial charge in [0, 0.05) is 45.0 Å². The van der Waals surface area contributed by atoms with Gasteiger partial charge in [0.2, 0.25) is 11.8 Å². The van der Waals surface area contributed by atoms with Crippen molar-refractivity contribution in [3.63, 3.8) is 0 Å². The molecule has 0 bridgehead atoms. The summed E-state index contributed by atoms with van der Waals surface area (Å²) in [4.78, 5) is 31.4. The van der Waals surface area contributed by atoms with E-state index < -0.39 is 0 Å². The molecule has 0 aromatic heterocycles. The number of benzene rings is 1. The van der Waals surface area contributed by atoms with Crippen molar-refractivity contribution in [1.82, 2.24) is 14.7 Å². The molecule has 1 atom stereocenters. The molecule has 3 rings (SSSR count). The van der Waals surface area contributed by atoms with Crippen LogP contribution in [0.4, 0.5) is 5.69 Å². The Kier molecular flexibility index (Phi) is 7.04. The Hall–Kier alpha value is -1.96. The fraction of sp³-hybridized carbons (Fsp3) is 0.619. The van der Waals surface area contributed by atoms with E-state index in [2.05, 4.69) is 15.1 Å². The summed E-state index contributed by atoms with van der Waals surface area (Å²) in [5.74, 6) is 0.198. The maximum Gasteiger partial charge on any atom is 0.241 e. The molecule has 1 N–H and O–H groups in total. The molecule has 1 aromatic carbocycles. The first-order chi connectivity index (χ1) is 13.4. The Morgan fingerprint density at radius 3 is 2.43 bits per heavy atom. The molecule has 0 unspecified atom stereocenters. The van der Waals surface area contributed by atoms with Crippen molar-refractivity contribution < 1.29 is 14.3 Å². The Labute approximate surface area is 167 Å². The van der Waals surface area contributed by atoms with Gasteiger partial charge in [0.15, 0.2) is 0 Å². The smallest absolute Gasteiger partial charge is 0.241 e. The second kappa shape index (κ2) is 9.49. The van der Waals surface area contributed by atoms with Gasteiger partial charge in [-0.3, -0.25) is 19.4 Å². The van der Waals surface area contributed by atoms with E-state index in [9.17, 15) is 9.59 Å². The second-order valence-corrected chi connectivity index (χ2v) is 7.79. The van der Waals surface area contributed by atoms with E-state index >= 15 is 0 Å². The highest BCUT2D eigenvalue weighted by molar-refractivity contribution is 5.95. The molecule has 7 heteroatoms. The van der Waals surface area contributed by atoms with Crippen molar-refractivity contribution in [2.24, 2.45) is 0 Å². The van der Waals surface area contributed by atoms with E-state index in [0.717, 1.165) is 43.0 Å². The number of carbonyl (C=O) groups excluding carboxylic acids is 2. The lowest BCUT2D eigenvalue weighted by Crippen LogP contribution is -2.55. The number of aryl methyl sites for hydroxylation is 2. The van der Waals surface area contributed by atoms with Crippen molar-refractivity contribution in [1.29, 1.82) is 0 Å². The Morgan fingerprint density at radius 1 is 1.07 bits per heavy atom. The topological polar surface area (TPSA) is 65.1 Å². The summed E-state index contributed by atoms with van der Waals surface area (Å²) in [6, 6.07) is 5.89. The predicted molar refractivity (Wildman–Crippen MR) is 109 cm³/mol. The van der Waals surface area contributed by atoms with Gasteiger partial charge in [-0.15, -0.1) is 0 Å². The van der Waals surface area contributed by atoms with Crippen LogP contribution in [0.1, 0.15) is 18.1 Å². The molecule has 2 aliphatic heterocycles. The summed E-state index contributed by atoms with van der Waals surface area (Å²) < 4.78 is 5.31. The van der Waals surface area contributed by atoms with Crippen molar-refractivity contribution in [3.05, 3.63) is 29.3 Å². The van der Waals surface area contributed by atoms with Crippen LogP contribution in [-0.4, -0.2) is 91.6 Å². The normalized spacial score (nSPS) is 20.0. The fourth-order valence-corrected chi connectivity index (χ4v) is 3.69. The molecule has 1 aromatic rings. The molecular weight excluding hydrogens is 356 g/mol. The van der Waals surface area contributed by atoms with Crippen molar-refractivity contribution >= 4 is 17.5 Å². The van der Waals surface area contributed by atoms with Gasteiger partial charge >= 0.3 is 0 Å². The number of nitrogens with zero attached hydrogens (tertiary/aromatic N) is 3. The lowest BCUT2D eigenvalue weighted by molar-refractivity contribution is -0.137. The number of carbonyl (C=O) groups is 2. The highest BCUT2D eigenvalue weighted by Gasteiger charge is 2.27. The molecule has 0 saturated carbocycles. The average Bonchev–Trinajstić information content (AvgIpc) is 2.71. The van der Waals surface area contributed by atoms with E-state index in [1.807, 2.05) is 43.9 Å². The molecule has 2 amide bonds. The number of morpholine rings is 1. The number of nitrogens with one attached hydrogen (secondary N) is 1. The van der Waals surface area contributed by atoms with E-state index in [0.29, 0.717) is 32.8 Å². The van der Waals surface area contributed by atoms with Crippen molar-refractivity contribution in [3.8, 4) is 0 Å². The summed E-state index contributed by atoms with van der Waals surface area (Å²) in [6.07, 6.45) is 0. The van der Waals surface area contributed by atoms with Crippen LogP contribution in [0.5, 0.6) is 0 Å². The summed E-state index contributed by atoms with van der Waals surface area (Å²) in [5.41, 5.74) is 3.08. The summed E-state index contributed by atoms with van der Waals surface area (Å²) in [6.45, 7) is 12.3. The zero-order valence-electron chi connectivity index (χ0n) is 17.2. The number of rotatable bonds is 5. The zero-order valence-corrected chi connectivity index (χ0v) is 17.2. The van der Waals surface area contributed by atoms with Gasteiger partial charge in [-0.1, -0.05) is 12.1 Å². The minimum Gasteiger partial charge on any atom is -0.378 e. The first kappa shape index (κ1) is 20.8. The number of ether oxygens (including phenoxy) is 1. The highest BCUT2D eigenvalue weighted by Crippen LogP contribution is 2.17. The van der Waals surface area contributed by atoms with Gasteiger partial charge in [0.05, 0.1) is 25.8 Å². The van der Waals surface area contributed by atoms with Gasteiger partial charge in [-0.2, -0.15) is 0 Å². The first-order valence-electron chi connectivity index (χ1n) is 10.1. The van der Waals surface area contributed by atoms with E-state index in [4.69, 9.17) is 4.74 Å². The van der Waals surface area contributed by atoms with Crippen molar-refractivity contribution in [2.45, 2.75) is 26.8 Å². The van der Waals surface area contributed by atoms with E-state index in [1.54, 1.807) is 0 Å². The Bertz CT molecular complexity index is 695. The quantitative estimate of drug-likeness (QED) is 0.819. The molecular formula is C21H32N4O3. The van der Waals surface area contributed by atoms with E-state index in [-0.39, 0.29) is 17.9 Å². The van der Waals surface area contributed by atoms with Gasteiger partial charge in [0.1, 0.15) is 0 Å². The maximum absolute atomic E-state index is 12.7. The van der Waals surface area contributed by atoms with Crippen LogP contribution in [-0.2, 0) is 14.3 Å². The maximum atomic E-state index is 12.7. The van der Waals surface area contributed by atoms with Crippen LogP contribution in [0, 0.1) is 13.8 Å². The van der Waals surface area contributed by atoms with Gasteiger partial charge < -0.3 is 15.0 Å². The fourth-order valence-electron chi connectivity index (χ4n) is 3.69. The second-order valence-electron chi connectivity index (χ2n) is 7.79. The molecule has 0 radical (unpaired) electrons. The summed E-state index contributed by atoms with van der Waals surface area (Å²) in [7, 11) is 0. The number of piperazine rings is 1. The summed E-state index contributed by atoms with van der Waals surface area (Å²) >= 11 is 0. The minimum atomic E-state index is -0.197. The molecule has 2 saturated heterocycles. The third-order valence-corrected chi connectivity index (χ3v) is 5.71. The van der Waals surface area contributed by atoms with Crippen LogP contribution in [0.2, 0.25) is 0 Å². The molecule has 2 fully saturated rings. The van der Waals surface area contributed by atoms with E-state index in [1.165, 1.54) is 0 Å². The molecule has 0 spiro atoms. The highest BCUT2D eigenvalue weighted by atomic mass is 16.5. The van der Waals surface area contributed by atoms with Crippen LogP contribution in [0.3, 0.4) is 0 Å². The lowest BCUT2D eigenvalue weighted by atomic mass is 10.1. The third-order valence-electron chi connectivity index (χ3n) is 5.71. The van der Waals surface area contributed by atoms with Gasteiger partial charge in [0.25, 0.3) is 0 Å². The largest absolute Gasteiger partial charge is 0.378 e. The first-order valence-corrected chi connectivity index (χ1v) is 10.1. The molecule has 2 aliphatic rings. The number of anilines is 1. The van der Waals surface area contributed by atoms with Crippen LogP contribution >= 0.6 is 0 Å². The Morgan fingerprint density at radius 2 is 1.75 bits per heavy atom. The monoisotopic (exact) mass is 388 g/mol. The summed E-state index contributed by atoms with van der Waals surface area (Å²) in [5, 5.41) is 3.07. The predicted octanol–water partition coefficient (Wildman–Crippen LogP) is 1.11. The van der Waals surface area contributed by atoms with Gasteiger partial charge in [-0.25, -0.2) is 0 Å². The number of amides is 2. The minimum absolute atomic E-state index is 0.0199. The number of hydrogen-bond acceptors (Lipinski definition) is 5. The van der Waals surface area contributed by atoms with Crippen LogP contribution < -0.4 is 5.32 Å². The zero-order chi connectivity index (χ0) is 20.1. The van der Waals surface area contributed by atoms with Gasteiger partial charge in [-0.05, 0) is 38.0 Å². The van der Waals surface area contributed by atoms with Crippen LogP contribution in [0.15, 0.2) is 18.2 Å². The average molecular weight is 389 g/mol. The Balaban J connectivity index is 1.46. The molecule has 154 valence electrons. The molecule has 7 nitrogen and oxygen atoms in total. The third kappa shape index (κ3) is 5.31.